The van der Waals surface area contributed by atoms with Crippen molar-refractivity contribution in [1.29, 1.82) is 0 Å². The average molecular weight is 328 g/mol. The molecule has 1 unspecified atom stereocenters. The van der Waals surface area contributed by atoms with Crippen molar-refractivity contribution in [3.05, 3.63) is 71.8 Å². The molecule has 4 nitrogen and oxygen atoms in total. The van der Waals surface area contributed by atoms with Crippen molar-refractivity contribution >= 4 is 29.3 Å². The quantitative estimate of drug-likeness (QED) is 0.753. The molecule has 1 N–H and O–H groups in total. The van der Waals surface area contributed by atoms with Gasteiger partial charge < -0.3 is 5.11 Å². The van der Waals surface area contributed by atoms with E-state index in [1.165, 1.54) is 0 Å². The van der Waals surface area contributed by atoms with Crippen LogP contribution in [0.5, 0.6) is 0 Å². The van der Waals surface area contributed by atoms with E-state index >= 15 is 0 Å². The summed E-state index contributed by atoms with van der Waals surface area (Å²) in [4.78, 5) is 35.7. The first-order valence-electron chi connectivity index (χ1n) is 7.09. The molecule has 0 spiro atoms. The number of thioether (sulfide) groups is 1. The summed E-state index contributed by atoms with van der Waals surface area (Å²) in [5.41, 5.74) is 1.01. The lowest BCUT2D eigenvalue weighted by Gasteiger charge is -2.14. The van der Waals surface area contributed by atoms with Gasteiger partial charge in [-0.25, -0.2) is 0 Å². The number of carboxylic acids is 1. The van der Waals surface area contributed by atoms with Crippen LogP contribution >= 0.6 is 11.8 Å². The van der Waals surface area contributed by atoms with Gasteiger partial charge in [0.15, 0.2) is 11.6 Å². The number of ketones is 2. The molecule has 0 saturated heterocycles. The predicted octanol–water partition coefficient (Wildman–Crippen LogP) is 3.33. The summed E-state index contributed by atoms with van der Waals surface area (Å²) in [6.07, 6.45) is -0.0182. The van der Waals surface area contributed by atoms with Crippen molar-refractivity contribution in [3.8, 4) is 0 Å². The molecule has 0 bridgehead atoms. The van der Waals surface area contributed by atoms with Gasteiger partial charge in [0.05, 0.1) is 11.0 Å². The molecule has 23 heavy (non-hydrogen) atoms. The van der Waals surface area contributed by atoms with E-state index in [0.717, 1.165) is 11.8 Å². The van der Waals surface area contributed by atoms with E-state index in [1.807, 2.05) is 6.07 Å². The molecule has 2 rings (SSSR count). The van der Waals surface area contributed by atoms with Crippen molar-refractivity contribution in [1.82, 2.24) is 0 Å². The lowest BCUT2D eigenvalue weighted by Crippen LogP contribution is -2.23. The molecule has 0 aliphatic rings. The summed E-state index contributed by atoms with van der Waals surface area (Å²) in [5, 5.41) is 8.14. The molecule has 0 aliphatic heterocycles. The SMILES string of the molecule is O=C(O)CSC(CC(=O)c1ccccc1)C(=O)c1ccccc1. The smallest absolute Gasteiger partial charge is 0.313 e. The van der Waals surface area contributed by atoms with Gasteiger partial charge in [-0.15, -0.1) is 11.8 Å². The van der Waals surface area contributed by atoms with Crippen molar-refractivity contribution in [2.45, 2.75) is 11.7 Å². The molecule has 0 saturated carbocycles. The van der Waals surface area contributed by atoms with Crippen molar-refractivity contribution in [3.63, 3.8) is 0 Å². The first-order chi connectivity index (χ1) is 11.1. The van der Waals surface area contributed by atoms with E-state index in [-0.39, 0.29) is 23.7 Å². The Balaban J connectivity index is 2.15. The molecule has 0 radical (unpaired) electrons. The van der Waals surface area contributed by atoms with Gasteiger partial charge in [0.1, 0.15) is 0 Å². The van der Waals surface area contributed by atoms with Crippen LogP contribution in [0.25, 0.3) is 0 Å². The van der Waals surface area contributed by atoms with Crippen LogP contribution in [-0.4, -0.2) is 33.6 Å². The summed E-state index contributed by atoms with van der Waals surface area (Å²) in [5.74, 6) is -1.61. The summed E-state index contributed by atoms with van der Waals surface area (Å²) in [6.45, 7) is 0. The number of hydrogen-bond donors (Lipinski definition) is 1. The Morgan fingerprint density at radius 2 is 1.39 bits per heavy atom. The van der Waals surface area contributed by atoms with Gasteiger partial charge in [-0.1, -0.05) is 60.7 Å². The number of aliphatic carboxylic acids is 1. The Labute approximate surface area is 138 Å². The third-order valence-electron chi connectivity index (χ3n) is 3.23. The van der Waals surface area contributed by atoms with Crippen LogP contribution in [0.1, 0.15) is 27.1 Å². The van der Waals surface area contributed by atoms with Gasteiger partial charge >= 0.3 is 5.97 Å². The number of hydrogen-bond acceptors (Lipinski definition) is 4. The second kappa shape index (κ2) is 8.29. The minimum atomic E-state index is -1.01. The van der Waals surface area contributed by atoms with Gasteiger partial charge in [-0.05, 0) is 0 Å². The zero-order valence-corrected chi connectivity index (χ0v) is 13.2. The standard InChI is InChI=1S/C18H16O4S/c19-15(13-7-3-1-4-8-13)11-16(23-12-17(20)21)18(22)14-9-5-2-6-10-14/h1-10,16H,11-12H2,(H,20,21). The highest BCUT2D eigenvalue weighted by Crippen LogP contribution is 2.22. The van der Waals surface area contributed by atoms with Crippen LogP contribution in [-0.2, 0) is 4.79 Å². The van der Waals surface area contributed by atoms with Gasteiger partial charge in [-0.3, -0.25) is 14.4 Å². The minimum absolute atomic E-state index is 0.0182. The second-order valence-corrected chi connectivity index (χ2v) is 6.11. The molecule has 0 aliphatic carbocycles. The predicted molar refractivity (Wildman–Crippen MR) is 90.0 cm³/mol. The largest absolute Gasteiger partial charge is 0.481 e. The molecule has 118 valence electrons. The first-order valence-corrected chi connectivity index (χ1v) is 8.13. The molecule has 0 heterocycles. The molecular formula is C18H16O4S. The van der Waals surface area contributed by atoms with E-state index in [1.54, 1.807) is 54.6 Å². The number of carbonyl (C=O) groups excluding carboxylic acids is 2. The number of Topliss-reactive ketones (excluding diaryl/α,β-unsaturated/α-hetero) is 2. The molecule has 2 aromatic carbocycles. The highest BCUT2D eigenvalue weighted by molar-refractivity contribution is 8.01. The Bertz CT molecular complexity index is 683. The highest BCUT2D eigenvalue weighted by atomic mass is 32.2. The highest BCUT2D eigenvalue weighted by Gasteiger charge is 2.25. The maximum atomic E-state index is 12.6. The van der Waals surface area contributed by atoms with E-state index in [0.29, 0.717) is 11.1 Å². The van der Waals surface area contributed by atoms with Crippen LogP contribution < -0.4 is 0 Å². The zero-order valence-electron chi connectivity index (χ0n) is 12.3. The van der Waals surface area contributed by atoms with Gasteiger partial charge in [0, 0.05) is 17.5 Å². The van der Waals surface area contributed by atoms with Crippen LogP contribution in [0, 0.1) is 0 Å². The number of carbonyl (C=O) groups is 3. The molecule has 1 atom stereocenters. The van der Waals surface area contributed by atoms with Crippen LogP contribution in [0.15, 0.2) is 60.7 Å². The molecule has 0 aromatic heterocycles. The van der Waals surface area contributed by atoms with E-state index in [4.69, 9.17) is 5.11 Å². The monoisotopic (exact) mass is 328 g/mol. The fourth-order valence-electron chi connectivity index (χ4n) is 2.10. The topological polar surface area (TPSA) is 71.4 Å². The Kier molecular flexibility index (Phi) is 6.11. The summed E-state index contributed by atoms with van der Waals surface area (Å²) in [6, 6.07) is 17.3. The van der Waals surface area contributed by atoms with Gasteiger partial charge in [0.2, 0.25) is 0 Å². The lowest BCUT2D eigenvalue weighted by atomic mass is 10.0. The average Bonchev–Trinajstić information content (AvgIpc) is 2.59. The fraction of sp³-hybridized carbons (Fsp3) is 0.167. The minimum Gasteiger partial charge on any atom is -0.481 e. The first kappa shape index (κ1) is 17.0. The summed E-state index contributed by atoms with van der Waals surface area (Å²) < 4.78 is 0. The summed E-state index contributed by atoms with van der Waals surface area (Å²) in [7, 11) is 0. The lowest BCUT2D eigenvalue weighted by molar-refractivity contribution is -0.133. The van der Waals surface area contributed by atoms with E-state index in [9.17, 15) is 14.4 Å². The molecule has 0 fully saturated rings. The fourth-order valence-corrected chi connectivity index (χ4v) is 3.00. The Morgan fingerprint density at radius 3 is 1.91 bits per heavy atom. The second-order valence-electron chi connectivity index (χ2n) is 4.92. The normalized spacial score (nSPS) is 11.7. The third-order valence-corrected chi connectivity index (χ3v) is 4.42. The number of carboxylic acid groups (broad SMARTS) is 1. The number of benzene rings is 2. The van der Waals surface area contributed by atoms with Crippen molar-refractivity contribution < 1.29 is 19.5 Å². The number of rotatable bonds is 8. The third kappa shape index (κ3) is 5.07. The van der Waals surface area contributed by atoms with E-state index < -0.39 is 11.2 Å². The van der Waals surface area contributed by atoms with Gasteiger partial charge in [0.25, 0.3) is 0 Å². The zero-order chi connectivity index (χ0) is 16.7. The molecular weight excluding hydrogens is 312 g/mol. The van der Waals surface area contributed by atoms with E-state index in [2.05, 4.69) is 0 Å². The molecule has 0 amide bonds. The Morgan fingerprint density at radius 1 is 0.870 bits per heavy atom. The molecule has 5 heteroatoms. The van der Waals surface area contributed by atoms with Crippen LogP contribution in [0.4, 0.5) is 0 Å². The maximum absolute atomic E-state index is 12.6. The van der Waals surface area contributed by atoms with Crippen molar-refractivity contribution in [2.75, 3.05) is 5.75 Å². The summed E-state index contributed by atoms with van der Waals surface area (Å²) >= 11 is 0.986. The Hall–Kier alpha value is -2.40. The van der Waals surface area contributed by atoms with Crippen LogP contribution in [0.2, 0.25) is 0 Å². The van der Waals surface area contributed by atoms with Crippen LogP contribution in [0.3, 0.4) is 0 Å². The van der Waals surface area contributed by atoms with Crippen molar-refractivity contribution in [2.24, 2.45) is 0 Å². The molecule has 2 aromatic rings. The maximum Gasteiger partial charge on any atom is 0.313 e. The van der Waals surface area contributed by atoms with Gasteiger partial charge in [-0.2, -0.15) is 0 Å².